The third kappa shape index (κ3) is 2.92. The number of carbonyl (C=O) groups excluding carboxylic acids is 1. The van der Waals surface area contributed by atoms with E-state index in [1.165, 1.54) is 16.5 Å². The Morgan fingerprint density at radius 2 is 2.00 bits per heavy atom. The lowest BCUT2D eigenvalue weighted by Gasteiger charge is -2.38. The molecule has 1 N–H and O–H groups in total. The molecule has 0 bridgehead atoms. The van der Waals surface area contributed by atoms with Crippen molar-refractivity contribution >= 4 is 28.5 Å². The standard InChI is InChI=1S/C22H22ClN3O/c23-16-5-3-14(4-6-16)17-7-8-19(17)22(27)26-11-9-15(13-26)20-12-25-21-18(20)2-1-10-24-21/h1-6,10,12,15,17,19H,7-9,11,13H2,(H,24,25). The second kappa shape index (κ2) is 6.68. The number of fused-ring (bicyclic) bond motifs is 1. The molecule has 1 aliphatic carbocycles. The van der Waals surface area contributed by atoms with Crippen LogP contribution in [0.1, 0.15) is 42.2 Å². The molecule has 3 heterocycles. The average molecular weight is 380 g/mol. The third-order valence-corrected chi connectivity index (χ3v) is 6.56. The van der Waals surface area contributed by atoms with E-state index in [-0.39, 0.29) is 5.92 Å². The number of hydrogen-bond donors (Lipinski definition) is 1. The van der Waals surface area contributed by atoms with Crippen molar-refractivity contribution in [3.8, 4) is 0 Å². The summed E-state index contributed by atoms with van der Waals surface area (Å²) in [6.07, 6.45) is 6.97. The van der Waals surface area contributed by atoms with Crippen LogP contribution in [0.3, 0.4) is 0 Å². The fourth-order valence-electron chi connectivity index (χ4n) is 4.67. The largest absolute Gasteiger partial charge is 0.346 e. The van der Waals surface area contributed by atoms with E-state index in [1.54, 1.807) is 6.20 Å². The van der Waals surface area contributed by atoms with Gasteiger partial charge >= 0.3 is 0 Å². The van der Waals surface area contributed by atoms with Crippen LogP contribution in [0.5, 0.6) is 0 Å². The molecule has 4 nitrogen and oxygen atoms in total. The number of carbonyl (C=O) groups is 1. The molecule has 2 fully saturated rings. The van der Waals surface area contributed by atoms with Crippen molar-refractivity contribution in [3.63, 3.8) is 0 Å². The van der Waals surface area contributed by atoms with Gasteiger partial charge in [-0.15, -0.1) is 0 Å². The predicted octanol–water partition coefficient (Wildman–Crippen LogP) is 4.73. The zero-order valence-corrected chi connectivity index (χ0v) is 15.8. The van der Waals surface area contributed by atoms with Crippen LogP contribution < -0.4 is 0 Å². The summed E-state index contributed by atoms with van der Waals surface area (Å²) in [6.45, 7) is 1.66. The fourth-order valence-corrected chi connectivity index (χ4v) is 4.79. The number of amides is 1. The van der Waals surface area contributed by atoms with Crippen LogP contribution in [-0.2, 0) is 4.79 Å². The molecule has 0 radical (unpaired) electrons. The molecule has 3 aromatic rings. The second-order valence-electron chi connectivity index (χ2n) is 7.76. The maximum absolute atomic E-state index is 13.1. The van der Waals surface area contributed by atoms with E-state index in [0.717, 1.165) is 43.0 Å². The van der Waals surface area contributed by atoms with Gasteiger partial charge in [-0.05, 0) is 60.6 Å². The lowest BCUT2D eigenvalue weighted by Crippen LogP contribution is -2.41. The maximum atomic E-state index is 13.1. The van der Waals surface area contributed by atoms with Crippen LogP contribution in [0, 0.1) is 5.92 Å². The minimum Gasteiger partial charge on any atom is -0.346 e. The zero-order chi connectivity index (χ0) is 18.4. The Morgan fingerprint density at radius 1 is 1.15 bits per heavy atom. The van der Waals surface area contributed by atoms with Gasteiger partial charge in [-0.25, -0.2) is 4.98 Å². The van der Waals surface area contributed by atoms with E-state index in [2.05, 4.69) is 39.3 Å². The number of aromatic nitrogens is 2. The zero-order valence-electron chi connectivity index (χ0n) is 15.1. The molecule has 138 valence electrons. The molecule has 5 rings (SSSR count). The number of rotatable bonds is 3. The summed E-state index contributed by atoms with van der Waals surface area (Å²) in [6, 6.07) is 12.1. The summed E-state index contributed by atoms with van der Waals surface area (Å²) in [4.78, 5) is 22.9. The predicted molar refractivity (Wildman–Crippen MR) is 107 cm³/mol. The summed E-state index contributed by atoms with van der Waals surface area (Å²) < 4.78 is 0. The van der Waals surface area contributed by atoms with E-state index >= 15 is 0 Å². The first-order valence-electron chi connectivity index (χ1n) is 9.67. The minimum absolute atomic E-state index is 0.120. The van der Waals surface area contributed by atoms with Crippen molar-refractivity contribution in [2.24, 2.45) is 5.92 Å². The van der Waals surface area contributed by atoms with Gasteiger partial charge in [0.15, 0.2) is 0 Å². The Balaban J connectivity index is 1.30. The van der Waals surface area contributed by atoms with E-state index in [4.69, 9.17) is 11.6 Å². The lowest BCUT2D eigenvalue weighted by atomic mass is 9.69. The smallest absolute Gasteiger partial charge is 0.226 e. The molecule has 1 aromatic carbocycles. The molecule has 0 spiro atoms. The molecule has 3 unspecified atom stereocenters. The highest BCUT2D eigenvalue weighted by molar-refractivity contribution is 6.30. The van der Waals surface area contributed by atoms with Crippen LogP contribution in [0.25, 0.3) is 11.0 Å². The van der Waals surface area contributed by atoms with Crippen molar-refractivity contribution < 1.29 is 4.79 Å². The molecule has 1 amide bonds. The number of nitrogens with one attached hydrogen (secondary N) is 1. The van der Waals surface area contributed by atoms with Gasteiger partial charge in [0.2, 0.25) is 5.91 Å². The van der Waals surface area contributed by atoms with Gasteiger partial charge in [-0.2, -0.15) is 0 Å². The number of pyridine rings is 1. The molecule has 5 heteroatoms. The summed E-state index contributed by atoms with van der Waals surface area (Å²) in [5, 5.41) is 1.93. The van der Waals surface area contributed by atoms with Gasteiger partial charge in [0, 0.05) is 47.7 Å². The van der Waals surface area contributed by atoms with Crippen molar-refractivity contribution in [2.45, 2.75) is 31.1 Å². The number of hydrogen-bond acceptors (Lipinski definition) is 2. The summed E-state index contributed by atoms with van der Waals surface area (Å²) >= 11 is 6.00. The van der Waals surface area contributed by atoms with Crippen molar-refractivity contribution in [3.05, 3.63) is 64.9 Å². The fraction of sp³-hybridized carbons (Fsp3) is 0.364. The second-order valence-corrected chi connectivity index (χ2v) is 8.19. The van der Waals surface area contributed by atoms with E-state index < -0.39 is 0 Å². The van der Waals surface area contributed by atoms with Crippen LogP contribution in [-0.4, -0.2) is 33.9 Å². The Labute approximate surface area is 163 Å². The van der Waals surface area contributed by atoms with Gasteiger partial charge in [0.1, 0.15) is 5.65 Å². The minimum atomic E-state index is 0.120. The first-order valence-corrected chi connectivity index (χ1v) is 10.0. The Kier molecular flexibility index (Phi) is 4.16. The topological polar surface area (TPSA) is 49.0 Å². The van der Waals surface area contributed by atoms with Gasteiger partial charge in [-0.1, -0.05) is 23.7 Å². The monoisotopic (exact) mass is 379 g/mol. The molecule has 3 atom stereocenters. The van der Waals surface area contributed by atoms with Crippen LogP contribution in [0.4, 0.5) is 0 Å². The van der Waals surface area contributed by atoms with Crippen LogP contribution >= 0.6 is 11.6 Å². The first-order chi connectivity index (χ1) is 13.2. The quantitative estimate of drug-likeness (QED) is 0.715. The van der Waals surface area contributed by atoms with E-state index in [0.29, 0.717) is 17.7 Å². The summed E-state index contributed by atoms with van der Waals surface area (Å²) in [7, 11) is 0. The first kappa shape index (κ1) is 16.8. The van der Waals surface area contributed by atoms with E-state index in [1.807, 2.05) is 18.2 Å². The number of H-pyrrole nitrogens is 1. The lowest BCUT2D eigenvalue weighted by molar-refractivity contribution is -0.138. The van der Waals surface area contributed by atoms with Crippen molar-refractivity contribution in [1.82, 2.24) is 14.9 Å². The summed E-state index contributed by atoms with van der Waals surface area (Å²) in [5.74, 6) is 1.17. The average Bonchev–Trinajstić information content (AvgIpc) is 3.29. The van der Waals surface area contributed by atoms with Crippen molar-refractivity contribution in [1.29, 1.82) is 0 Å². The highest BCUT2D eigenvalue weighted by Crippen LogP contribution is 2.44. The Hall–Kier alpha value is -2.33. The van der Waals surface area contributed by atoms with E-state index in [9.17, 15) is 4.79 Å². The molecule has 2 aliphatic rings. The molecular formula is C22H22ClN3O. The number of nitrogens with zero attached hydrogens (tertiary/aromatic N) is 2. The van der Waals surface area contributed by atoms with Gasteiger partial charge in [-0.3, -0.25) is 4.79 Å². The highest BCUT2D eigenvalue weighted by atomic mass is 35.5. The number of aromatic amines is 1. The van der Waals surface area contributed by atoms with Crippen molar-refractivity contribution in [2.75, 3.05) is 13.1 Å². The number of likely N-dealkylation sites (tertiary alicyclic amines) is 1. The van der Waals surface area contributed by atoms with Crippen LogP contribution in [0.15, 0.2) is 48.8 Å². The van der Waals surface area contributed by atoms with Gasteiger partial charge in [0.05, 0.1) is 0 Å². The van der Waals surface area contributed by atoms with Crippen LogP contribution in [0.2, 0.25) is 5.02 Å². The molecule has 2 aromatic heterocycles. The SMILES string of the molecule is O=C(C1CCC1c1ccc(Cl)cc1)N1CCC(c2c[nH]c3ncccc23)C1. The van der Waals surface area contributed by atoms with Gasteiger partial charge < -0.3 is 9.88 Å². The normalized spacial score (nSPS) is 24.9. The van der Waals surface area contributed by atoms with Gasteiger partial charge in [0.25, 0.3) is 0 Å². The maximum Gasteiger partial charge on any atom is 0.226 e. The molecule has 27 heavy (non-hydrogen) atoms. The third-order valence-electron chi connectivity index (χ3n) is 6.31. The number of halogens is 1. The molecule has 1 saturated carbocycles. The Bertz CT molecular complexity index is 981. The molecule has 1 saturated heterocycles. The molecular weight excluding hydrogens is 358 g/mol. The number of benzene rings is 1. The Morgan fingerprint density at radius 3 is 2.78 bits per heavy atom. The summed E-state index contributed by atoms with van der Waals surface area (Å²) in [5.41, 5.74) is 3.46. The molecule has 1 aliphatic heterocycles. The highest BCUT2D eigenvalue weighted by Gasteiger charge is 2.41.